The number of carbonyl (C=O) groups excluding carboxylic acids is 2. The van der Waals surface area contributed by atoms with Gasteiger partial charge in [-0.1, -0.05) is 6.07 Å². The summed E-state index contributed by atoms with van der Waals surface area (Å²) in [6, 6.07) is 8.04. The molecule has 142 valence electrons. The molecule has 1 fully saturated rings. The van der Waals surface area contributed by atoms with Crippen LogP contribution in [0.25, 0.3) is 10.4 Å². The number of ether oxygens (including phenoxy) is 1. The van der Waals surface area contributed by atoms with Crippen LogP contribution in [0.3, 0.4) is 0 Å². The maximum Gasteiger partial charge on any atom is 0.270 e. The minimum absolute atomic E-state index is 0.00446. The van der Waals surface area contributed by atoms with Gasteiger partial charge in [0.15, 0.2) is 6.61 Å². The van der Waals surface area contributed by atoms with Crippen LogP contribution in [0.5, 0.6) is 5.75 Å². The Hall–Kier alpha value is -2.94. The van der Waals surface area contributed by atoms with Crippen LogP contribution >= 0.6 is 11.3 Å². The summed E-state index contributed by atoms with van der Waals surface area (Å²) in [4.78, 5) is 38.6. The summed E-state index contributed by atoms with van der Waals surface area (Å²) in [6.07, 6.45) is 0. The van der Waals surface area contributed by atoms with Crippen LogP contribution in [0, 0.1) is 10.1 Å². The van der Waals surface area contributed by atoms with Crippen molar-refractivity contribution in [2.45, 2.75) is 6.92 Å². The van der Waals surface area contributed by atoms with Gasteiger partial charge >= 0.3 is 0 Å². The first kappa shape index (κ1) is 18.8. The summed E-state index contributed by atoms with van der Waals surface area (Å²) >= 11 is 1.44. The predicted molar refractivity (Wildman–Crippen MR) is 101 cm³/mol. The molecule has 0 radical (unpaired) electrons. The number of nitrogens with zero attached hydrogens (tertiary/aromatic N) is 3. The van der Waals surface area contributed by atoms with E-state index < -0.39 is 4.92 Å². The molecule has 1 aliphatic rings. The molecule has 1 saturated heterocycles. The molecule has 2 amide bonds. The highest BCUT2D eigenvalue weighted by molar-refractivity contribution is 7.13. The number of nitro groups is 1. The summed E-state index contributed by atoms with van der Waals surface area (Å²) in [6.45, 7) is 3.33. The van der Waals surface area contributed by atoms with E-state index in [2.05, 4.69) is 0 Å². The molecule has 1 aliphatic heterocycles. The highest BCUT2D eigenvalue weighted by atomic mass is 32.1. The highest BCUT2D eigenvalue weighted by Crippen LogP contribution is 2.36. The van der Waals surface area contributed by atoms with E-state index in [0.717, 1.165) is 4.88 Å². The van der Waals surface area contributed by atoms with Crippen molar-refractivity contribution in [3.63, 3.8) is 0 Å². The zero-order chi connectivity index (χ0) is 19.4. The first-order chi connectivity index (χ1) is 13.0. The SMILES string of the molecule is CC(=O)N1CCN(C(=O)COc2ccc([N+](=O)[O-])cc2-c2cccs2)CC1. The van der Waals surface area contributed by atoms with Crippen LogP contribution in [-0.2, 0) is 9.59 Å². The lowest BCUT2D eigenvalue weighted by Gasteiger charge is -2.34. The van der Waals surface area contributed by atoms with Gasteiger partial charge in [-0.3, -0.25) is 19.7 Å². The Bertz CT molecular complexity index is 845. The first-order valence-electron chi connectivity index (χ1n) is 8.44. The molecule has 0 aliphatic carbocycles. The van der Waals surface area contributed by atoms with E-state index in [1.54, 1.807) is 9.80 Å². The Labute approximate surface area is 160 Å². The lowest BCUT2D eigenvalue weighted by atomic mass is 10.1. The number of amides is 2. The van der Waals surface area contributed by atoms with E-state index in [0.29, 0.717) is 37.5 Å². The Morgan fingerprint density at radius 2 is 1.89 bits per heavy atom. The monoisotopic (exact) mass is 389 g/mol. The third-order valence-electron chi connectivity index (χ3n) is 4.39. The highest BCUT2D eigenvalue weighted by Gasteiger charge is 2.23. The van der Waals surface area contributed by atoms with E-state index >= 15 is 0 Å². The largest absolute Gasteiger partial charge is 0.483 e. The average molecular weight is 389 g/mol. The Morgan fingerprint density at radius 1 is 1.19 bits per heavy atom. The van der Waals surface area contributed by atoms with E-state index in [-0.39, 0.29) is 24.1 Å². The molecule has 1 aromatic heterocycles. The molecule has 0 unspecified atom stereocenters. The van der Waals surface area contributed by atoms with Gasteiger partial charge in [-0.25, -0.2) is 0 Å². The van der Waals surface area contributed by atoms with Crippen LogP contribution in [-0.4, -0.2) is 59.3 Å². The summed E-state index contributed by atoms with van der Waals surface area (Å²) in [5, 5.41) is 12.9. The van der Waals surface area contributed by atoms with E-state index in [9.17, 15) is 19.7 Å². The summed E-state index contributed by atoms with van der Waals surface area (Å²) < 4.78 is 5.70. The molecule has 2 heterocycles. The normalized spacial score (nSPS) is 14.1. The van der Waals surface area contributed by atoms with Gasteiger partial charge in [-0.15, -0.1) is 11.3 Å². The number of rotatable bonds is 5. The van der Waals surface area contributed by atoms with E-state index in [1.165, 1.54) is 36.5 Å². The van der Waals surface area contributed by atoms with Gasteiger partial charge in [0.1, 0.15) is 5.75 Å². The number of thiophene rings is 1. The van der Waals surface area contributed by atoms with Crippen molar-refractivity contribution < 1.29 is 19.2 Å². The van der Waals surface area contributed by atoms with Gasteiger partial charge in [0.25, 0.3) is 11.6 Å². The van der Waals surface area contributed by atoms with Gasteiger partial charge in [-0.2, -0.15) is 0 Å². The Morgan fingerprint density at radius 3 is 2.48 bits per heavy atom. The van der Waals surface area contributed by atoms with Gasteiger partial charge in [0, 0.05) is 55.7 Å². The molecule has 0 atom stereocenters. The van der Waals surface area contributed by atoms with Crippen LogP contribution in [0.1, 0.15) is 6.92 Å². The van der Waals surface area contributed by atoms with Crippen LogP contribution in [0.4, 0.5) is 5.69 Å². The third-order valence-corrected chi connectivity index (χ3v) is 5.29. The van der Waals surface area contributed by atoms with Gasteiger partial charge in [-0.05, 0) is 17.5 Å². The predicted octanol–water partition coefficient (Wildman–Crippen LogP) is 2.39. The lowest BCUT2D eigenvalue weighted by Crippen LogP contribution is -2.51. The van der Waals surface area contributed by atoms with Crippen LogP contribution < -0.4 is 4.74 Å². The van der Waals surface area contributed by atoms with Crippen molar-refractivity contribution >= 4 is 28.8 Å². The van der Waals surface area contributed by atoms with Gasteiger partial charge in [0.2, 0.25) is 5.91 Å². The molecular weight excluding hydrogens is 370 g/mol. The number of nitro benzene ring substituents is 1. The second-order valence-electron chi connectivity index (χ2n) is 6.09. The Balaban J connectivity index is 1.68. The smallest absolute Gasteiger partial charge is 0.270 e. The zero-order valence-corrected chi connectivity index (χ0v) is 15.6. The van der Waals surface area contributed by atoms with Crippen LogP contribution in [0.15, 0.2) is 35.7 Å². The molecule has 1 aromatic carbocycles. The molecule has 27 heavy (non-hydrogen) atoms. The standard InChI is InChI=1S/C18H19N3O5S/c1-13(22)19-6-8-20(9-7-19)18(23)12-26-16-5-4-14(21(24)25)11-15(16)17-3-2-10-27-17/h2-5,10-11H,6-9,12H2,1H3. The van der Waals surface area contributed by atoms with Crippen molar-refractivity contribution in [1.29, 1.82) is 0 Å². The Kier molecular flexibility index (Phi) is 5.70. The van der Waals surface area contributed by atoms with Gasteiger partial charge in [0.05, 0.1) is 4.92 Å². The molecule has 8 nitrogen and oxygen atoms in total. The molecular formula is C18H19N3O5S. The fourth-order valence-electron chi connectivity index (χ4n) is 2.88. The number of hydrogen-bond acceptors (Lipinski definition) is 6. The minimum Gasteiger partial charge on any atom is -0.483 e. The summed E-state index contributed by atoms with van der Waals surface area (Å²) in [5.41, 5.74) is 0.561. The van der Waals surface area contributed by atoms with E-state index in [1.807, 2.05) is 17.5 Å². The van der Waals surface area contributed by atoms with Crippen molar-refractivity contribution in [3.8, 4) is 16.2 Å². The van der Waals surface area contributed by atoms with Crippen molar-refractivity contribution in [2.24, 2.45) is 0 Å². The summed E-state index contributed by atoms with van der Waals surface area (Å²) in [7, 11) is 0. The fourth-order valence-corrected chi connectivity index (χ4v) is 3.63. The first-order valence-corrected chi connectivity index (χ1v) is 9.32. The number of hydrogen-bond donors (Lipinski definition) is 0. The number of carbonyl (C=O) groups is 2. The van der Waals surface area contributed by atoms with Crippen LogP contribution in [0.2, 0.25) is 0 Å². The molecule has 0 spiro atoms. The molecule has 2 aromatic rings. The van der Waals surface area contributed by atoms with Gasteiger partial charge < -0.3 is 14.5 Å². The average Bonchev–Trinajstić information content (AvgIpc) is 3.20. The second-order valence-corrected chi connectivity index (χ2v) is 7.04. The van der Waals surface area contributed by atoms with Crippen molar-refractivity contribution in [1.82, 2.24) is 9.80 Å². The topological polar surface area (TPSA) is 93.0 Å². The second kappa shape index (κ2) is 8.17. The molecule has 0 saturated carbocycles. The minimum atomic E-state index is -0.458. The fraction of sp³-hybridized carbons (Fsp3) is 0.333. The summed E-state index contributed by atoms with van der Waals surface area (Å²) in [5.74, 6) is 0.261. The third kappa shape index (κ3) is 4.43. The molecule has 3 rings (SSSR count). The zero-order valence-electron chi connectivity index (χ0n) is 14.8. The lowest BCUT2D eigenvalue weighted by molar-refractivity contribution is -0.384. The molecule has 9 heteroatoms. The number of non-ortho nitro benzene ring substituents is 1. The van der Waals surface area contributed by atoms with Crippen molar-refractivity contribution in [3.05, 3.63) is 45.8 Å². The number of piperazine rings is 1. The van der Waals surface area contributed by atoms with Crippen molar-refractivity contribution in [2.75, 3.05) is 32.8 Å². The molecule has 0 N–H and O–H groups in total. The maximum absolute atomic E-state index is 12.4. The number of benzene rings is 1. The molecule has 0 bridgehead atoms. The quantitative estimate of drug-likeness (QED) is 0.578. The van der Waals surface area contributed by atoms with E-state index in [4.69, 9.17) is 4.74 Å². The maximum atomic E-state index is 12.4.